The monoisotopic (exact) mass is 194 g/mol. The first kappa shape index (κ1) is 9.91. The van der Waals surface area contributed by atoms with Gasteiger partial charge in [0.25, 0.3) is 0 Å². The molecule has 0 heterocycles. The van der Waals surface area contributed by atoms with E-state index in [2.05, 4.69) is 13.8 Å². The minimum Gasteiger partial charge on any atom is -0.393 e. The SMILES string of the molecule is C[C@H]1[C@H](O)CCC2=CC(=O)CC[C@@]21C. The number of aliphatic hydroxyl groups is 1. The molecule has 0 aromatic heterocycles. The first-order valence-corrected chi connectivity index (χ1v) is 5.46. The number of rotatable bonds is 0. The van der Waals surface area contributed by atoms with Crippen LogP contribution in [-0.4, -0.2) is 17.0 Å². The van der Waals surface area contributed by atoms with Gasteiger partial charge in [-0.1, -0.05) is 19.4 Å². The van der Waals surface area contributed by atoms with Gasteiger partial charge in [-0.3, -0.25) is 4.79 Å². The van der Waals surface area contributed by atoms with Crippen LogP contribution in [0.4, 0.5) is 0 Å². The van der Waals surface area contributed by atoms with Crippen molar-refractivity contribution in [2.24, 2.45) is 11.3 Å². The van der Waals surface area contributed by atoms with E-state index in [-0.39, 0.29) is 23.2 Å². The number of carbonyl (C=O) groups is 1. The highest BCUT2D eigenvalue weighted by Gasteiger charge is 2.43. The van der Waals surface area contributed by atoms with Crippen LogP contribution in [0, 0.1) is 11.3 Å². The van der Waals surface area contributed by atoms with Crippen LogP contribution in [-0.2, 0) is 4.79 Å². The Balaban J connectivity index is 2.34. The Morgan fingerprint density at radius 2 is 2.21 bits per heavy atom. The van der Waals surface area contributed by atoms with Crippen molar-refractivity contribution in [2.75, 3.05) is 0 Å². The Morgan fingerprint density at radius 3 is 2.93 bits per heavy atom. The van der Waals surface area contributed by atoms with Gasteiger partial charge in [0, 0.05) is 6.42 Å². The van der Waals surface area contributed by atoms with Crippen LogP contribution in [0.15, 0.2) is 11.6 Å². The van der Waals surface area contributed by atoms with Gasteiger partial charge in [0.05, 0.1) is 6.10 Å². The van der Waals surface area contributed by atoms with Gasteiger partial charge in [0.15, 0.2) is 5.78 Å². The van der Waals surface area contributed by atoms with E-state index in [1.54, 1.807) is 0 Å². The lowest BCUT2D eigenvalue weighted by molar-refractivity contribution is -0.116. The second-order valence-electron chi connectivity index (χ2n) is 4.95. The highest BCUT2D eigenvalue weighted by Crippen LogP contribution is 2.49. The van der Waals surface area contributed by atoms with Gasteiger partial charge in [-0.05, 0) is 36.7 Å². The van der Waals surface area contributed by atoms with Crippen LogP contribution in [0.3, 0.4) is 0 Å². The molecule has 78 valence electrons. The summed E-state index contributed by atoms with van der Waals surface area (Å²) in [6, 6.07) is 0. The van der Waals surface area contributed by atoms with E-state index in [0.717, 1.165) is 19.3 Å². The Hall–Kier alpha value is -0.630. The number of hydrogen-bond acceptors (Lipinski definition) is 2. The van der Waals surface area contributed by atoms with Gasteiger partial charge in [0.1, 0.15) is 0 Å². The molecule has 1 N–H and O–H groups in total. The molecule has 1 fully saturated rings. The van der Waals surface area contributed by atoms with Crippen LogP contribution >= 0.6 is 0 Å². The van der Waals surface area contributed by atoms with Crippen molar-refractivity contribution in [1.29, 1.82) is 0 Å². The fraction of sp³-hybridized carbons (Fsp3) is 0.750. The third kappa shape index (κ3) is 1.33. The second-order valence-corrected chi connectivity index (χ2v) is 4.95. The summed E-state index contributed by atoms with van der Waals surface area (Å²) < 4.78 is 0. The molecule has 0 saturated heterocycles. The first-order chi connectivity index (χ1) is 6.54. The van der Waals surface area contributed by atoms with Gasteiger partial charge in [-0.15, -0.1) is 0 Å². The first-order valence-electron chi connectivity index (χ1n) is 5.46. The van der Waals surface area contributed by atoms with E-state index in [4.69, 9.17) is 0 Å². The number of ketones is 1. The number of carbonyl (C=O) groups excluding carboxylic acids is 1. The number of aliphatic hydroxyl groups excluding tert-OH is 1. The Bertz CT molecular complexity index is 293. The molecule has 0 aromatic carbocycles. The van der Waals surface area contributed by atoms with Crippen molar-refractivity contribution >= 4 is 5.78 Å². The molecular formula is C12H18O2. The van der Waals surface area contributed by atoms with Crippen LogP contribution in [0.1, 0.15) is 39.5 Å². The fourth-order valence-corrected chi connectivity index (χ4v) is 2.83. The summed E-state index contributed by atoms with van der Waals surface area (Å²) in [5.74, 6) is 0.552. The normalized spacial score (nSPS) is 43.1. The van der Waals surface area contributed by atoms with Crippen LogP contribution in [0.2, 0.25) is 0 Å². The lowest BCUT2D eigenvalue weighted by Crippen LogP contribution is -2.42. The maximum Gasteiger partial charge on any atom is 0.155 e. The molecule has 2 heteroatoms. The van der Waals surface area contributed by atoms with E-state index in [9.17, 15) is 9.90 Å². The molecular weight excluding hydrogens is 176 g/mol. The largest absolute Gasteiger partial charge is 0.393 e. The van der Waals surface area contributed by atoms with Crippen molar-refractivity contribution in [3.63, 3.8) is 0 Å². The molecule has 0 unspecified atom stereocenters. The quantitative estimate of drug-likeness (QED) is 0.641. The topological polar surface area (TPSA) is 37.3 Å². The van der Waals surface area contributed by atoms with E-state index in [1.165, 1.54) is 5.57 Å². The predicted octanol–water partition coefficient (Wildman–Crippen LogP) is 2.07. The van der Waals surface area contributed by atoms with Gasteiger partial charge < -0.3 is 5.11 Å². The summed E-state index contributed by atoms with van der Waals surface area (Å²) in [4.78, 5) is 11.3. The molecule has 3 atom stereocenters. The Labute approximate surface area is 85.0 Å². The molecule has 0 radical (unpaired) electrons. The number of hydrogen-bond donors (Lipinski definition) is 1. The summed E-state index contributed by atoms with van der Waals surface area (Å²) in [5.41, 5.74) is 1.34. The fourth-order valence-electron chi connectivity index (χ4n) is 2.83. The molecule has 0 aliphatic heterocycles. The van der Waals surface area contributed by atoms with Crippen LogP contribution < -0.4 is 0 Å². The van der Waals surface area contributed by atoms with E-state index < -0.39 is 0 Å². The zero-order valence-corrected chi connectivity index (χ0v) is 8.92. The average Bonchev–Trinajstić information content (AvgIpc) is 2.16. The summed E-state index contributed by atoms with van der Waals surface area (Å²) in [5, 5.41) is 9.84. The molecule has 2 nitrogen and oxygen atoms in total. The van der Waals surface area contributed by atoms with Gasteiger partial charge in [-0.2, -0.15) is 0 Å². The number of fused-ring (bicyclic) bond motifs is 1. The van der Waals surface area contributed by atoms with Gasteiger partial charge in [0.2, 0.25) is 0 Å². The highest BCUT2D eigenvalue weighted by molar-refractivity contribution is 5.91. The molecule has 2 rings (SSSR count). The smallest absolute Gasteiger partial charge is 0.155 e. The highest BCUT2D eigenvalue weighted by atomic mass is 16.3. The number of allylic oxidation sites excluding steroid dienone is 2. The zero-order valence-electron chi connectivity index (χ0n) is 8.92. The second kappa shape index (κ2) is 3.20. The average molecular weight is 194 g/mol. The summed E-state index contributed by atoms with van der Waals surface area (Å²) in [7, 11) is 0. The molecule has 0 spiro atoms. The summed E-state index contributed by atoms with van der Waals surface area (Å²) >= 11 is 0. The Morgan fingerprint density at radius 1 is 1.50 bits per heavy atom. The molecule has 14 heavy (non-hydrogen) atoms. The molecule has 2 aliphatic rings. The maximum atomic E-state index is 11.3. The van der Waals surface area contributed by atoms with E-state index in [1.807, 2.05) is 6.08 Å². The van der Waals surface area contributed by atoms with Crippen molar-refractivity contribution in [2.45, 2.75) is 45.6 Å². The predicted molar refractivity (Wildman–Crippen MR) is 54.8 cm³/mol. The molecule has 1 saturated carbocycles. The van der Waals surface area contributed by atoms with Crippen molar-refractivity contribution < 1.29 is 9.90 Å². The van der Waals surface area contributed by atoms with Gasteiger partial charge in [-0.25, -0.2) is 0 Å². The molecule has 2 aliphatic carbocycles. The zero-order chi connectivity index (χ0) is 10.3. The minimum atomic E-state index is -0.189. The molecule has 0 bridgehead atoms. The standard InChI is InChI=1S/C12H18O2/c1-8-11(14)4-3-9-7-10(13)5-6-12(8,9)2/h7-8,11,14H,3-6H2,1-2H3/t8-,11+,12+/m0/s1. The van der Waals surface area contributed by atoms with Crippen LogP contribution in [0.5, 0.6) is 0 Å². The maximum absolute atomic E-state index is 11.3. The Kier molecular flexibility index (Phi) is 2.26. The lowest BCUT2D eigenvalue weighted by atomic mass is 9.59. The minimum absolute atomic E-state index is 0.0750. The third-order valence-electron chi connectivity index (χ3n) is 4.25. The van der Waals surface area contributed by atoms with Crippen molar-refractivity contribution in [1.82, 2.24) is 0 Å². The lowest BCUT2D eigenvalue weighted by Gasteiger charge is -2.46. The van der Waals surface area contributed by atoms with Gasteiger partial charge >= 0.3 is 0 Å². The summed E-state index contributed by atoms with van der Waals surface area (Å²) in [6.45, 7) is 4.30. The third-order valence-corrected chi connectivity index (χ3v) is 4.25. The van der Waals surface area contributed by atoms with Crippen molar-refractivity contribution in [3.05, 3.63) is 11.6 Å². The van der Waals surface area contributed by atoms with E-state index >= 15 is 0 Å². The summed E-state index contributed by atoms with van der Waals surface area (Å²) in [6.07, 6.45) is 4.91. The molecule has 0 amide bonds. The molecule has 0 aromatic rings. The van der Waals surface area contributed by atoms with Crippen LogP contribution in [0.25, 0.3) is 0 Å². The van der Waals surface area contributed by atoms with E-state index in [0.29, 0.717) is 6.42 Å². The van der Waals surface area contributed by atoms with Crippen molar-refractivity contribution in [3.8, 4) is 0 Å².